The van der Waals surface area contributed by atoms with Gasteiger partial charge in [0.2, 0.25) is 0 Å². The molecule has 0 fully saturated rings. The van der Waals surface area contributed by atoms with Crippen molar-refractivity contribution in [3.63, 3.8) is 0 Å². The minimum atomic E-state index is 0.225. The van der Waals surface area contributed by atoms with Gasteiger partial charge in [-0.15, -0.1) is 0 Å². The fraction of sp³-hybridized carbons (Fsp3) is 0.750. The molecular weight excluding hydrogens is 96.1 g/mol. The fourth-order valence-electron chi connectivity index (χ4n) is 0.139. The van der Waals surface area contributed by atoms with Gasteiger partial charge in [0, 0.05) is 11.7 Å². The lowest BCUT2D eigenvalue weighted by Crippen LogP contribution is -1.88. The Balaban J connectivity index is 2.81. The smallest absolute Gasteiger partial charge is 0.121 e. The lowest BCUT2D eigenvalue weighted by atomic mass is 10.4. The molecule has 0 saturated heterocycles. The zero-order valence-corrected chi connectivity index (χ0v) is 4.61. The molecule has 0 aliphatic carbocycles. The van der Waals surface area contributed by atoms with E-state index < -0.39 is 0 Å². The molecule has 1 nitrogen and oxygen atoms in total. The van der Waals surface area contributed by atoms with Crippen molar-refractivity contribution in [3.05, 3.63) is 0 Å². The molecule has 0 aliphatic heterocycles. The van der Waals surface area contributed by atoms with Crippen LogP contribution in [0.1, 0.15) is 13.3 Å². The molecule has 0 N–H and O–H groups in total. The first-order valence-corrected chi connectivity index (χ1v) is 2.40. The molecule has 1 unspecified atom stereocenters. The van der Waals surface area contributed by atoms with Crippen molar-refractivity contribution in [2.45, 2.75) is 18.6 Å². The predicted molar refractivity (Wildman–Crippen MR) is 29.1 cm³/mol. The summed E-state index contributed by atoms with van der Waals surface area (Å²) in [6.45, 7) is 1.89. The van der Waals surface area contributed by atoms with Crippen LogP contribution >= 0.6 is 12.6 Å². The molecule has 0 aromatic heterocycles. The first-order valence-electron chi connectivity index (χ1n) is 1.89. The van der Waals surface area contributed by atoms with E-state index in [1.165, 1.54) is 0 Å². The van der Waals surface area contributed by atoms with E-state index in [2.05, 4.69) is 12.6 Å². The molecule has 0 amide bonds. The summed E-state index contributed by atoms with van der Waals surface area (Å²) in [4.78, 5) is 9.57. The maximum atomic E-state index is 9.57. The molecule has 0 heterocycles. The van der Waals surface area contributed by atoms with Gasteiger partial charge in [-0.25, -0.2) is 0 Å². The molecule has 36 valence electrons. The van der Waals surface area contributed by atoms with E-state index in [1.807, 2.05) is 6.92 Å². The highest BCUT2D eigenvalue weighted by molar-refractivity contribution is 7.80. The zero-order valence-electron chi connectivity index (χ0n) is 3.72. The predicted octanol–water partition coefficient (Wildman–Crippen LogP) is 0.894. The number of thiol groups is 1. The van der Waals surface area contributed by atoms with Crippen molar-refractivity contribution in [3.8, 4) is 0 Å². The van der Waals surface area contributed by atoms with Gasteiger partial charge < -0.3 is 4.79 Å². The molecule has 2 heteroatoms. The highest BCUT2D eigenvalue weighted by Gasteiger charge is 1.86. The van der Waals surface area contributed by atoms with Crippen LogP contribution in [-0.4, -0.2) is 11.5 Å². The number of carbonyl (C=O) groups is 1. The normalized spacial score (nSPS) is 13.7. The third-order valence-corrected chi connectivity index (χ3v) is 0.648. The summed E-state index contributed by atoms with van der Waals surface area (Å²) in [6.07, 6.45) is 1.43. The third kappa shape index (κ3) is 4.02. The number of hydrogen-bond donors (Lipinski definition) is 1. The van der Waals surface area contributed by atoms with E-state index in [1.54, 1.807) is 0 Å². The minimum Gasteiger partial charge on any atom is -0.303 e. The van der Waals surface area contributed by atoms with E-state index in [9.17, 15) is 4.79 Å². The van der Waals surface area contributed by atoms with Crippen molar-refractivity contribution in [1.82, 2.24) is 0 Å². The Morgan fingerprint density at radius 3 is 2.50 bits per heavy atom. The second-order valence-electron chi connectivity index (χ2n) is 1.25. The zero-order chi connectivity index (χ0) is 4.99. The van der Waals surface area contributed by atoms with Crippen LogP contribution in [0, 0.1) is 0 Å². The first-order chi connectivity index (χ1) is 2.77. The molecule has 0 aromatic carbocycles. The largest absolute Gasteiger partial charge is 0.303 e. The Labute approximate surface area is 43.2 Å². The van der Waals surface area contributed by atoms with Crippen LogP contribution in [0.2, 0.25) is 0 Å². The van der Waals surface area contributed by atoms with Crippen molar-refractivity contribution >= 4 is 18.9 Å². The van der Waals surface area contributed by atoms with Crippen LogP contribution in [0.3, 0.4) is 0 Å². The number of aldehydes is 1. The molecule has 0 radical (unpaired) electrons. The van der Waals surface area contributed by atoms with Crippen LogP contribution in [0.15, 0.2) is 0 Å². The molecule has 0 saturated carbocycles. The minimum absolute atomic E-state index is 0.225. The molecule has 6 heavy (non-hydrogen) atoms. The average molecular weight is 104 g/mol. The second kappa shape index (κ2) is 3.22. The summed E-state index contributed by atoms with van der Waals surface area (Å²) in [5.74, 6) is 0. The van der Waals surface area contributed by atoms with E-state index in [0.717, 1.165) is 6.29 Å². The van der Waals surface area contributed by atoms with Gasteiger partial charge in [-0.1, -0.05) is 6.92 Å². The Bertz CT molecular complexity index is 42.8. The summed E-state index contributed by atoms with van der Waals surface area (Å²) in [7, 11) is 0. The maximum Gasteiger partial charge on any atom is 0.121 e. The summed E-state index contributed by atoms with van der Waals surface area (Å²) in [5, 5.41) is 0.225. The summed E-state index contributed by atoms with van der Waals surface area (Å²) in [5.41, 5.74) is 0. The van der Waals surface area contributed by atoms with Gasteiger partial charge in [0.25, 0.3) is 0 Å². The summed E-state index contributed by atoms with van der Waals surface area (Å²) in [6, 6.07) is 0. The summed E-state index contributed by atoms with van der Waals surface area (Å²) < 4.78 is 0. The number of carbonyl (C=O) groups excluding carboxylic acids is 1. The van der Waals surface area contributed by atoms with Gasteiger partial charge in [0.15, 0.2) is 0 Å². The van der Waals surface area contributed by atoms with Crippen LogP contribution < -0.4 is 0 Å². The lowest BCUT2D eigenvalue weighted by Gasteiger charge is -1.89. The molecule has 0 spiro atoms. The van der Waals surface area contributed by atoms with E-state index in [0.29, 0.717) is 6.42 Å². The highest BCUT2D eigenvalue weighted by Crippen LogP contribution is 1.93. The van der Waals surface area contributed by atoms with Gasteiger partial charge in [-0.2, -0.15) is 12.6 Å². The first kappa shape index (κ1) is 6.02. The quantitative estimate of drug-likeness (QED) is 0.407. The number of hydrogen-bond acceptors (Lipinski definition) is 2. The molecule has 0 aliphatic rings. The summed E-state index contributed by atoms with van der Waals surface area (Å²) >= 11 is 3.95. The number of rotatable bonds is 2. The van der Waals surface area contributed by atoms with Crippen LogP contribution in [0.5, 0.6) is 0 Å². The van der Waals surface area contributed by atoms with Crippen molar-refractivity contribution < 1.29 is 4.79 Å². The molecule has 1 atom stereocenters. The van der Waals surface area contributed by atoms with E-state index in [4.69, 9.17) is 0 Å². The molecular formula is C4H8OS. The van der Waals surface area contributed by atoms with Gasteiger partial charge >= 0.3 is 0 Å². The Hall–Kier alpha value is 0.0200. The van der Waals surface area contributed by atoms with E-state index in [-0.39, 0.29) is 5.25 Å². The standard InChI is InChI=1S/C4H8OS/c1-4(6)2-3-5/h3-4,6H,2H2,1H3. The Morgan fingerprint density at radius 2 is 2.50 bits per heavy atom. The van der Waals surface area contributed by atoms with E-state index >= 15 is 0 Å². The van der Waals surface area contributed by atoms with Crippen molar-refractivity contribution in [1.29, 1.82) is 0 Å². The third-order valence-electron chi connectivity index (χ3n) is 0.437. The lowest BCUT2D eigenvalue weighted by molar-refractivity contribution is -0.107. The monoisotopic (exact) mass is 104 g/mol. The van der Waals surface area contributed by atoms with Crippen LogP contribution in [-0.2, 0) is 4.79 Å². The average Bonchev–Trinajstić information content (AvgIpc) is 1.35. The van der Waals surface area contributed by atoms with Gasteiger partial charge in [0.1, 0.15) is 6.29 Å². The molecule has 0 bridgehead atoms. The second-order valence-corrected chi connectivity index (χ2v) is 2.13. The maximum absolute atomic E-state index is 9.57. The van der Waals surface area contributed by atoms with Gasteiger partial charge in [-0.3, -0.25) is 0 Å². The van der Waals surface area contributed by atoms with Crippen molar-refractivity contribution in [2.24, 2.45) is 0 Å². The Kier molecular flexibility index (Phi) is 3.23. The van der Waals surface area contributed by atoms with Crippen molar-refractivity contribution in [2.75, 3.05) is 0 Å². The topological polar surface area (TPSA) is 17.1 Å². The van der Waals surface area contributed by atoms with Gasteiger partial charge in [-0.05, 0) is 0 Å². The van der Waals surface area contributed by atoms with Crippen LogP contribution in [0.4, 0.5) is 0 Å². The fourth-order valence-corrected chi connectivity index (χ4v) is 0.225. The molecule has 0 aromatic rings. The SMILES string of the molecule is CC(S)CC=O. The van der Waals surface area contributed by atoms with Gasteiger partial charge in [0.05, 0.1) is 0 Å². The highest BCUT2D eigenvalue weighted by atomic mass is 32.1. The van der Waals surface area contributed by atoms with Crippen LogP contribution in [0.25, 0.3) is 0 Å². The Morgan fingerprint density at radius 1 is 2.00 bits per heavy atom. The molecule has 0 rings (SSSR count).